The zero-order valence-corrected chi connectivity index (χ0v) is 16.2. The number of fused-ring (bicyclic) bond motifs is 2. The van der Waals surface area contributed by atoms with Crippen molar-refractivity contribution in [2.75, 3.05) is 7.11 Å². The van der Waals surface area contributed by atoms with Gasteiger partial charge in [0.1, 0.15) is 12.4 Å². The van der Waals surface area contributed by atoms with E-state index >= 15 is 0 Å². The number of hydrogen-bond acceptors (Lipinski definition) is 3. The molecule has 29 heavy (non-hydrogen) atoms. The highest BCUT2D eigenvalue weighted by Gasteiger charge is 2.38. The maximum Gasteiger partial charge on any atom is 0.410 e. The molecule has 2 heterocycles. The van der Waals surface area contributed by atoms with Crippen LogP contribution in [0.15, 0.2) is 48.5 Å². The molecule has 1 saturated heterocycles. The Labute approximate surface area is 168 Å². The SMILES string of the molecule is COc1cc(F)c(F)cc1C1=CC2CCCC(C1)N2C(=O)OCc1ccccc1. The second-order valence-corrected chi connectivity index (χ2v) is 7.46. The van der Waals surface area contributed by atoms with E-state index in [1.54, 1.807) is 4.90 Å². The molecule has 0 saturated carbocycles. The highest BCUT2D eigenvalue weighted by molar-refractivity contribution is 5.76. The van der Waals surface area contributed by atoms with Gasteiger partial charge < -0.3 is 9.47 Å². The van der Waals surface area contributed by atoms with Crippen LogP contribution in [0.25, 0.3) is 5.57 Å². The van der Waals surface area contributed by atoms with Crippen LogP contribution in [0.4, 0.5) is 13.6 Å². The molecule has 2 aliphatic rings. The minimum Gasteiger partial charge on any atom is -0.496 e. The number of nitrogens with zero attached hydrogens (tertiary/aromatic N) is 1. The number of amides is 1. The van der Waals surface area contributed by atoms with Crippen LogP contribution in [-0.4, -0.2) is 30.2 Å². The highest BCUT2D eigenvalue weighted by atomic mass is 19.2. The van der Waals surface area contributed by atoms with Crippen LogP contribution in [0, 0.1) is 11.6 Å². The summed E-state index contributed by atoms with van der Waals surface area (Å²) < 4.78 is 38.3. The van der Waals surface area contributed by atoms with Crippen molar-refractivity contribution in [3.63, 3.8) is 0 Å². The molecule has 2 aromatic rings. The number of rotatable bonds is 4. The molecule has 2 aliphatic heterocycles. The molecule has 1 amide bonds. The summed E-state index contributed by atoms with van der Waals surface area (Å²) >= 11 is 0. The van der Waals surface area contributed by atoms with Gasteiger partial charge in [0.2, 0.25) is 0 Å². The standard InChI is InChI=1S/C23H23F2NO3/c1-28-22-13-21(25)20(24)12-19(22)16-10-17-8-5-9-18(11-16)26(17)23(27)29-14-15-6-3-2-4-7-15/h2-4,6-7,10,12-13,17-18H,5,8-9,11,14H2,1H3. The molecule has 4 nitrogen and oxygen atoms in total. The topological polar surface area (TPSA) is 38.8 Å². The van der Waals surface area contributed by atoms with Gasteiger partial charge >= 0.3 is 6.09 Å². The molecule has 6 heteroatoms. The first-order valence-corrected chi connectivity index (χ1v) is 9.80. The van der Waals surface area contributed by atoms with Crippen molar-refractivity contribution in [1.29, 1.82) is 0 Å². The number of carbonyl (C=O) groups excluding carboxylic acids is 1. The van der Waals surface area contributed by atoms with Crippen molar-refractivity contribution >= 4 is 11.7 Å². The van der Waals surface area contributed by atoms with E-state index in [2.05, 4.69) is 0 Å². The third-order valence-electron chi connectivity index (χ3n) is 5.64. The largest absolute Gasteiger partial charge is 0.496 e. The van der Waals surface area contributed by atoms with Crippen LogP contribution >= 0.6 is 0 Å². The zero-order chi connectivity index (χ0) is 20.4. The Kier molecular flexibility index (Phi) is 5.51. The first kappa shape index (κ1) is 19.4. The molecule has 2 aromatic carbocycles. The van der Waals surface area contributed by atoms with Gasteiger partial charge in [-0.2, -0.15) is 0 Å². The van der Waals surface area contributed by atoms with E-state index < -0.39 is 11.6 Å². The maximum atomic E-state index is 13.9. The fourth-order valence-corrected chi connectivity index (χ4v) is 4.26. The fraction of sp³-hybridized carbons (Fsp3) is 0.348. The van der Waals surface area contributed by atoms with Gasteiger partial charge in [-0.05, 0) is 42.9 Å². The summed E-state index contributed by atoms with van der Waals surface area (Å²) in [6.07, 6.45) is 4.85. The van der Waals surface area contributed by atoms with Gasteiger partial charge in [-0.3, -0.25) is 4.90 Å². The minimum absolute atomic E-state index is 0.0326. The lowest BCUT2D eigenvalue weighted by Crippen LogP contribution is -2.51. The van der Waals surface area contributed by atoms with Crippen molar-refractivity contribution < 1.29 is 23.0 Å². The normalized spacial score (nSPS) is 20.8. The molecule has 2 bridgehead atoms. The predicted octanol–water partition coefficient (Wildman–Crippen LogP) is 5.32. The lowest BCUT2D eigenvalue weighted by molar-refractivity contribution is 0.0510. The molecule has 1 fully saturated rings. The molecular formula is C23H23F2NO3. The van der Waals surface area contributed by atoms with E-state index in [-0.39, 0.29) is 24.8 Å². The van der Waals surface area contributed by atoms with E-state index in [1.165, 1.54) is 13.2 Å². The summed E-state index contributed by atoms with van der Waals surface area (Å²) in [5.41, 5.74) is 2.36. The van der Waals surface area contributed by atoms with Crippen LogP contribution in [0.5, 0.6) is 5.75 Å². The monoisotopic (exact) mass is 399 g/mol. The molecule has 2 unspecified atom stereocenters. The number of halogens is 2. The van der Waals surface area contributed by atoms with Crippen molar-refractivity contribution in [3.8, 4) is 5.75 Å². The summed E-state index contributed by atoms with van der Waals surface area (Å²) in [6, 6.07) is 11.6. The van der Waals surface area contributed by atoms with Crippen LogP contribution in [-0.2, 0) is 11.3 Å². The van der Waals surface area contributed by atoms with Gasteiger partial charge in [0.15, 0.2) is 11.6 Å². The maximum absolute atomic E-state index is 13.9. The second kappa shape index (κ2) is 8.23. The second-order valence-electron chi connectivity index (χ2n) is 7.46. The third kappa shape index (κ3) is 3.97. The Bertz CT molecular complexity index is 929. The van der Waals surface area contributed by atoms with Gasteiger partial charge in [0.25, 0.3) is 0 Å². The lowest BCUT2D eigenvalue weighted by atomic mass is 9.83. The van der Waals surface area contributed by atoms with E-state index in [4.69, 9.17) is 9.47 Å². The lowest BCUT2D eigenvalue weighted by Gasteiger charge is -2.44. The number of benzene rings is 2. The Morgan fingerprint density at radius 2 is 1.90 bits per heavy atom. The van der Waals surface area contributed by atoms with E-state index in [0.717, 1.165) is 36.5 Å². The first-order valence-electron chi connectivity index (χ1n) is 9.80. The number of carbonyl (C=O) groups is 1. The summed E-state index contributed by atoms with van der Waals surface area (Å²) in [5, 5.41) is 0. The van der Waals surface area contributed by atoms with Crippen molar-refractivity contribution in [3.05, 3.63) is 71.3 Å². The minimum atomic E-state index is -0.937. The van der Waals surface area contributed by atoms with Crippen molar-refractivity contribution in [2.45, 2.75) is 44.4 Å². The molecule has 0 radical (unpaired) electrons. The molecule has 0 N–H and O–H groups in total. The molecule has 0 spiro atoms. The fourth-order valence-electron chi connectivity index (χ4n) is 4.26. The van der Waals surface area contributed by atoms with E-state index in [9.17, 15) is 13.6 Å². The molecule has 0 aliphatic carbocycles. The van der Waals surface area contributed by atoms with Crippen LogP contribution in [0.1, 0.15) is 36.8 Å². The number of ether oxygens (including phenoxy) is 2. The average molecular weight is 399 g/mol. The predicted molar refractivity (Wildman–Crippen MR) is 105 cm³/mol. The molecule has 4 rings (SSSR count). The van der Waals surface area contributed by atoms with Crippen LogP contribution in [0.3, 0.4) is 0 Å². The Morgan fingerprint density at radius 3 is 2.62 bits per heavy atom. The number of hydrogen-bond donors (Lipinski definition) is 0. The van der Waals surface area contributed by atoms with Crippen LogP contribution < -0.4 is 4.74 Å². The number of piperidine rings is 1. The van der Waals surface area contributed by atoms with Gasteiger partial charge in [-0.25, -0.2) is 13.6 Å². The Morgan fingerprint density at radius 1 is 1.14 bits per heavy atom. The third-order valence-corrected chi connectivity index (χ3v) is 5.64. The van der Waals surface area contributed by atoms with Gasteiger partial charge in [-0.15, -0.1) is 0 Å². The van der Waals surface area contributed by atoms with Crippen LogP contribution in [0.2, 0.25) is 0 Å². The summed E-state index contributed by atoms with van der Waals surface area (Å²) in [7, 11) is 1.44. The summed E-state index contributed by atoms with van der Waals surface area (Å²) in [5.74, 6) is -1.54. The quantitative estimate of drug-likeness (QED) is 0.698. The first-order chi connectivity index (χ1) is 14.1. The molecule has 0 aromatic heterocycles. The van der Waals surface area contributed by atoms with E-state index in [0.29, 0.717) is 17.7 Å². The Balaban J connectivity index is 1.56. The Hall–Kier alpha value is -2.89. The van der Waals surface area contributed by atoms with Gasteiger partial charge in [0.05, 0.1) is 13.2 Å². The smallest absolute Gasteiger partial charge is 0.410 e. The van der Waals surface area contributed by atoms with Crippen molar-refractivity contribution in [1.82, 2.24) is 4.90 Å². The van der Waals surface area contributed by atoms with Crippen molar-refractivity contribution in [2.24, 2.45) is 0 Å². The van der Waals surface area contributed by atoms with Gasteiger partial charge in [-0.1, -0.05) is 36.4 Å². The summed E-state index contributed by atoms with van der Waals surface area (Å²) in [6.45, 7) is 0.225. The molecule has 2 atom stereocenters. The molecular weight excluding hydrogens is 376 g/mol. The zero-order valence-electron chi connectivity index (χ0n) is 16.2. The average Bonchev–Trinajstić information content (AvgIpc) is 2.73. The molecule has 152 valence electrons. The van der Waals surface area contributed by atoms with Gasteiger partial charge in [0, 0.05) is 17.7 Å². The van der Waals surface area contributed by atoms with E-state index in [1.807, 2.05) is 36.4 Å². The number of methoxy groups -OCH3 is 1. The summed E-state index contributed by atoms with van der Waals surface area (Å²) in [4.78, 5) is 14.6. The highest BCUT2D eigenvalue weighted by Crippen LogP contribution is 2.40.